The highest BCUT2D eigenvalue weighted by Crippen LogP contribution is 2.29. The third kappa shape index (κ3) is 5.73. The fourth-order valence-corrected chi connectivity index (χ4v) is 4.16. The Morgan fingerprint density at radius 1 is 0.867 bits per heavy atom. The van der Waals surface area contributed by atoms with Gasteiger partial charge in [0.15, 0.2) is 0 Å². The molecule has 1 fully saturated rings. The standard InChI is InChI=1S/C23H28FN3O.2ClH/c1-2-18-5-8-22-20(15-18)16-23(28)27(22)14-13-25-9-11-26(12-10-25)17-19-3-6-21(24)7-4-19;;/h3-8,15H,2,9-14,16-17H2,1H3;2*1H. The smallest absolute Gasteiger partial charge is 0.231 e. The Labute approximate surface area is 190 Å². The van der Waals surface area contributed by atoms with Gasteiger partial charge in [0.1, 0.15) is 5.82 Å². The maximum absolute atomic E-state index is 13.0. The van der Waals surface area contributed by atoms with Crippen LogP contribution in [0.2, 0.25) is 0 Å². The second-order valence-electron chi connectivity index (χ2n) is 7.78. The number of aryl methyl sites for hydroxylation is 1. The number of halogens is 3. The van der Waals surface area contributed by atoms with Crippen LogP contribution in [0.25, 0.3) is 0 Å². The molecule has 0 unspecified atom stereocenters. The monoisotopic (exact) mass is 453 g/mol. The van der Waals surface area contributed by atoms with Crippen molar-refractivity contribution >= 4 is 36.4 Å². The molecule has 2 aliphatic rings. The molecule has 1 saturated heterocycles. The van der Waals surface area contributed by atoms with Crippen LogP contribution in [0.3, 0.4) is 0 Å². The van der Waals surface area contributed by atoms with Gasteiger partial charge in [-0.3, -0.25) is 14.6 Å². The van der Waals surface area contributed by atoms with Gasteiger partial charge in [0.05, 0.1) is 6.42 Å². The van der Waals surface area contributed by atoms with Crippen LogP contribution < -0.4 is 4.90 Å². The van der Waals surface area contributed by atoms with Gasteiger partial charge in [-0.05, 0) is 41.3 Å². The van der Waals surface area contributed by atoms with Gasteiger partial charge in [-0.1, -0.05) is 31.2 Å². The Morgan fingerprint density at radius 2 is 1.50 bits per heavy atom. The van der Waals surface area contributed by atoms with E-state index in [1.165, 1.54) is 23.3 Å². The first-order chi connectivity index (χ1) is 13.6. The lowest BCUT2D eigenvalue weighted by Gasteiger charge is -2.35. The topological polar surface area (TPSA) is 26.8 Å². The largest absolute Gasteiger partial charge is 0.311 e. The van der Waals surface area contributed by atoms with Crippen molar-refractivity contribution < 1.29 is 9.18 Å². The van der Waals surface area contributed by atoms with Crippen molar-refractivity contribution in [1.82, 2.24) is 9.80 Å². The fourth-order valence-electron chi connectivity index (χ4n) is 4.16. The van der Waals surface area contributed by atoms with E-state index in [1.54, 1.807) is 0 Å². The van der Waals surface area contributed by atoms with E-state index in [2.05, 4.69) is 34.9 Å². The first-order valence-corrected chi connectivity index (χ1v) is 10.2. The average molecular weight is 454 g/mol. The quantitative estimate of drug-likeness (QED) is 0.662. The molecule has 0 atom stereocenters. The van der Waals surface area contributed by atoms with Gasteiger partial charge in [0.2, 0.25) is 5.91 Å². The lowest BCUT2D eigenvalue weighted by Crippen LogP contribution is -2.48. The summed E-state index contributed by atoms with van der Waals surface area (Å²) in [5.41, 5.74) is 4.72. The van der Waals surface area contributed by atoms with Crippen LogP contribution in [0, 0.1) is 5.82 Å². The number of carbonyl (C=O) groups is 1. The Balaban J connectivity index is 0.00000160. The number of hydrogen-bond acceptors (Lipinski definition) is 3. The van der Waals surface area contributed by atoms with Crippen molar-refractivity contribution in [3.8, 4) is 0 Å². The molecular weight excluding hydrogens is 424 g/mol. The van der Waals surface area contributed by atoms with Crippen LogP contribution >= 0.6 is 24.8 Å². The summed E-state index contributed by atoms with van der Waals surface area (Å²) < 4.78 is 13.0. The van der Waals surface area contributed by atoms with Crippen molar-refractivity contribution in [2.24, 2.45) is 0 Å². The highest BCUT2D eigenvalue weighted by atomic mass is 35.5. The molecule has 2 aromatic rings. The van der Waals surface area contributed by atoms with E-state index in [4.69, 9.17) is 0 Å². The minimum Gasteiger partial charge on any atom is -0.311 e. The first-order valence-electron chi connectivity index (χ1n) is 10.2. The summed E-state index contributed by atoms with van der Waals surface area (Å²) >= 11 is 0. The van der Waals surface area contributed by atoms with Crippen LogP contribution in [0.1, 0.15) is 23.6 Å². The van der Waals surface area contributed by atoms with Gasteiger partial charge in [0.25, 0.3) is 0 Å². The van der Waals surface area contributed by atoms with Crippen molar-refractivity contribution in [2.45, 2.75) is 26.3 Å². The number of benzene rings is 2. The number of carbonyl (C=O) groups excluding carboxylic acids is 1. The molecule has 0 saturated carbocycles. The van der Waals surface area contributed by atoms with Crippen LogP contribution in [0.4, 0.5) is 10.1 Å². The molecule has 30 heavy (non-hydrogen) atoms. The average Bonchev–Trinajstić information content (AvgIpc) is 3.03. The van der Waals surface area contributed by atoms with E-state index in [0.29, 0.717) is 6.42 Å². The Hall–Kier alpha value is -1.66. The van der Waals surface area contributed by atoms with Crippen molar-refractivity contribution in [1.29, 1.82) is 0 Å². The highest BCUT2D eigenvalue weighted by Gasteiger charge is 2.28. The van der Waals surface area contributed by atoms with E-state index in [9.17, 15) is 9.18 Å². The van der Waals surface area contributed by atoms with Crippen molar-refractivity contribution in [3.05, 3.63) is 65.0 Å². The third-order valence-corrected chi connectivity index (χ3v) is 5.91. The van der Waals surface area contributed by atoms with Crippen LogP contribution in [0.5, 0.6) is 0 Å². The van der Waals surface area contributed by atoms with Crippen LogP contribution in [-0.4, -0.2) is 55.0 Å². The zero-order valence-electron chi connectivity index (χ0n) is 17.3. The lowest BCUT2D eigenvalue weighted by molar-refractivity contribution is -0.117. The number of nitrogens with zero attached hydrogens (tertiary/aromatic N) is 3. The highest BCUT2D eigenvalue weighted by molar-refractivity contribution is 6.01. The van der Waals surface area contributed by atoms with E-state index in [1.807, 2.05) is 17.0 Å². The molecule has 0 N–H and O–H groups in total. The maximum atomic E-state index is 13.0. The molecule has 164 valence electrons. The second kappa shape index (κ2) is 11.1. The number of amides is 1. The summed E-state index contributed by atoms with van der Waals surface area (Å²) in [5, 5.41) is 0. The Morgan fingerprint density at radius 3 is 2.17 bits per heavy atom. The minimum atomic E-state index is -0.183. The molecule has 2 aromatic carbocycles. The van der Waals surface area contributed by atoms with E-state index in [0.717, 1.165) is 63.5 Å². The molecule has 0 aromatic heterocycles. The molecule has 0 radical (unpaired) electrons. The number of anilines is 1. The molecule has 0 bridgehead atoms. The normalized spacial score (nSPS) is 16.7. The van der Waals surface area contributed by atoms with Gasteiger partial charge in [-0.2, -0.15) is 0 Å². The summed E-state index contributed by atoms with van der Waals surface area (Å²) in [6, 6.07) is 13.2. The van der Waals surface area contributed by atoms with Crippen LogP contribution in [0.15, 0.2) is 42.5 Å². The molecular formula is C23H30Cl2FN3O. The van der Waals surface area contributed by atoms with E-state index < -0.39 is 0 Å². The summed E-state index contributed by atoms with van der Waals surface area (Å²) in [6.07, 6.45) is 1.54. The van der Waals surface area contributed by atoms with Gasteiger partial charge in [-0.15, -0.1) is 24.8 Å². The lowest BCUT2D eigenvalue weighted by atomic mass is 10.1. The van der Waals surface area contributed by atoms with Gasteiger partial charge in [0, 0.05) is 51.5 Å². The van der Waals surface area contributed by atoms with Crippen LogP contribution in [-0.2, 0) is 24.2 Å². The number of rotatable bonds is 6. The minimum absolute atomic E-state index is 0. The number of hydrogen-bond donors (Lipinski definition) is 0. The molecule has 0 spiro atoms. The fraction of sp³-hybridized carbons (Fsp3) is 0.435. The van der Waals surface area contributed by atoms with Crippen molar-refractivity contribution in [2.75, 3.05) is 44.2 Å². The zero-order valence-corrected chi connectivity index (χ0v) is 19.0. The summed E-state index contributed by atoms with van der Waals surface area (Å²) in [5.74, 6) is 0.0377. The summed E-state index contributed by atoms with van der Waals surface area (Å²) in [7, 11) is 0. The molecule has 0 aliphatic carbocycles. The Kier molecular flexibility index (Phi) is 9.10. The number of piperazine rings is 1. The molecule has 7 heteroatoms. The van der Waals surface area contributed by atoms with Crippen molar-refractivity contribution in [3.63, 3.8) is 0 Å². The second-order valence-corrected chi connectivity index (χ2v) is 7.78. The van der Waals surface area contributed by atoms with Gasteiger partial charge < -0.3 is 4.90 Å². The molecule has 4 rings (SSSR count). The molecule has 2 aliphatic heterocycles. The van der Waals surface area contributed by atoms with Gasteiger partial charge in [-0.25, -0.2) is 4.39 Å². The predicted octanol–water partition coefficient (Wildman–Crippen LogP) is 3.94. The third-order valence-electron chi connectivity index (χ3n) is 5.91. The summed E-state index contributed by atoms with van der Waals surface area (Å²) in [6.45, 7) is 8.69. The molecule has 1 amide bonds. The predicted molar refractivity (Wildman–Crippen MR) is 124 cm³/mol. The molecule has 2 heterocycles. The first kappa shape index (κ1) is 24.6. The number of fused-ring (bicyclic) bond motifs is 1. The van der Waals surface area contributed by atoms with Gasteiger partial charge >= 0.3 is 0 Å². The maximum Gasteiger partial charge on any atom is 0.231 e. The zero-order chi connectivity index (χ0) is 19.5. The SMILES string of the molecule is CCc1ccc2c(c1)CC(=O)N2CCN1CCN(Cc2ccc(F)cc2)CC1.Cl.Cl. The Bertz CT molecular complexity index is 839. The summed E-state index contributed by atoms with van der Waals surface area (Å²) in [4.78, 5) is 19.3. The van der Waals surface area contributed by atoms with E-state index >= 15 is 0 Å². The molecule has 4 nitrogen and oxygen atoms in total. The van der Waals surface area contributed by atoms with E-state index in [-0.39, 0.29) is 36.5 Å².